The van der Waals surface area contributed by atoms with Gasteiger partial charge in [0.25, 0.3) is 5.91 Å². The summed E-state index contributed by atoms with van der Waals surface area (Å²) in [4.78, 5) is 16.2. The first-order chi connectivity index (χ1) is 8.36. The highest BCUT2D eigenvalue weighted by atomic mass is 35.5. The van der Waals surface area contributed by atoms with E-state index in [1.807, 2.05) is 5.38 Å². The minimum Gasteiger partial charge on any atom is -0.296 e. The van der Waals surface area contributed by atoms with Crippen molar-refractivity contribution in [1.29, 1.82) is 0 Å². The van der Waals surface area contributed by atoms with Crippen LogP contribution in [-0.2, 0) is 5.41 Å². The van der Waals surface area contributed by atoms with Crippen molar-refractivity contribution in [2.45, 2.75) is 26.2 Å². The maximum absolute atomic E-state index is 11.8. The van der Waals surface area contributed by atoms with Crippen LogP contribution in [0.2, 0.25) is 4.47 Å². The summed E-state index contributed by atoms with van der Waals surface area (Å²) in [5.74, 6) is -0.339. The Morgan fingerprint density at radius 3 is 2.61 bits per heavy atom. The minimum atomic E-state index is -0.339. The molecule has 8 heteroatoms. The van der Waals surface area contributed by atoms with Gasteiger partial charge in [-0.1, -0.05) is 32.1 Å². The van der Waals surface area contributed by atoms with Gasteiger partial charge in [-0.15, -0.1) is 21.5 Å². The minimum absolute atomic E-state index is 0.0362. The highest BCUT2D eigenvalue weighted by Crippen LogP contribution is 2.26. The first-order valence-corrected chi connectivity index (χ1v) is 7.20. The van der Waals surface area contributed by atoms with Crippen LogP contribution in [0.15, 0.2) is 5.38 Å². The van der Waals surface area contributed by atoms with Crippen molar-refractivity contribution < 1.29 is 4.79 Å². The van der Waals surface area contributed by atoms with Gasteiger partial charge in [0.15, 0.2) is 5.13 Å². The molecular weight excluding hydrogens is 292 g/mol. The number of amides is 1. The Morgan fingerprint density at radius 2 is 2.11 bits per heavy atom. The van der Waals surface area contributed by atoms with Gasteiger partial charge in [-0.25, -0.2) is 4.98 Å². The van der Waals surface area contributed by atoms with Gasteiger partial charge in [0.05, 0.1) is 5.69 Å². The average Bonchev–Trinajstić information content (AvgIpc) is 2.85. The number of hydrogen-bond donors (Lipinski definition) is 1. The summed E-state index contributed by atoms with van der Waals surface area (Å²) in [5.41, 5.74) is 0.906. The smallest absolute Gasteiger partial charge is 0.288 e. The topological polar surface area (TPSA) is 67.8 Å². The molecule has 0 aromatic carbocycles. The lowest BCUT2D eigenvalue weighted by Gasteiger charge is -2.14. The van der Waals surface area contributed by atoms with Gasteiger partial charge in [0.1, 0.15) is 0 Å². The van der Waals surface area contributed by atoms with Gasteiger partial charge in [-0.2, -0.15) is 0 Å². The van der Waals surface area contributed by atoms with Crippen LogP contribution >= 0.6 is 34.3 Å². The van der Waals surface area contributed by atoms with E-state index >= 15 is 0 Å². The third kappa shape index (κ3) is 3.04. The standard InChI is InChI=1S/C10H11ClN4OS2/c1-10(2,3)5-4-17-9(12-5)13-6(16)7-14-15-8(11)18-7/h4H,1-3H3,(H,12,13,16). The lowest BCUT2D eigenvalue weighted by molar-refractivity contribution is 0.102. The molecule has 0 saturated heterocycles. The second-order valence-corrected chi connectivity index (χ2v) is 7.02. The number of carbonyl (C=O) groups is 1. The number of aromatic nitrogens is 3. The summed E-state index contributed by atoms with van der Waals surface area (Å²) in [6, 6.07) is 0. The van der Waals surface area contributed by atoms with E-state index in [1.165, 1.54) is 11.3 Å². The molecule has 5 nitrogen and oxygen atoms in total. The number of hydrogen-bond acceptors (Lipinski definition) is 6. The second kappa shape index (κ2) is 4.91. The molecule has 0 aliphatic carbocycles. The molecule has 0 radical (unpaired) electrons. The molecular formula is C10H11ClN4OS2. The molecule has 96 valence electrons. The number of rotatable bonds is 2. The van der Waals surface area contributed by atoms with Gasteiger partial charge in [-0.05, 0) is 11.6 Å². The van der Waals surface area contributed by atoms with E-state index < -0.39 is 0 Å². The van der Waals surface area contributed by atoms with Crippen molar-refractivity contribution in [1.82, 2.24) is 15.2 Å². The molecule has 0 aliphatic heterocycles. The van der Waals surface area contributed by atoms with E-state index in [1.54, 1.807) is 0 Å². The van der Waals surface area contributed by atoms with Crippen LogP contribution in [0.1, 0.15) is 36.3 Å². The largest absolute Gasteiger partial charge is 0.296 e. The van der Waals surface area contributed by atoms with Crippen LogP contribution in [0, 0.1) is 0 Å². The molecule has 2 rings (SSSR count). The van der Waals surface area contributed by atoms with Crippen molar-refractivity contribution >= 4 is 45.3 Å². The molecule has 0 aliphatic rings. The molecule has 0 atom stereocenters. The normalized spacial score (nSPS) is 11.6. The molecule has 0 spiro atoms. The summed E-state index contributed by atoms with van der Waals surface area (Å²) in [6.45, 7) is 6.20. The molecule has 2 aromatic heterocycles. The molecule has 0 fully saturated rings. The van der Waals surface area contributed by atoms with Crippen molar-refractivity contribution in [3.8, 4) is 0 Å². The fraction of sp³-hybridized carbons (Fsp3) is 0.400. The SMILES string of the molecule is CC(C)(C)c1csc(NC(=O)c2nnc(Cl)s2)n1. The third-order valence-corrected chi connectivity index (χ3v) is 3.86. The van der Waals surface area contributed by atoms with E-state index in [2.05, 4.69) is 41.3 Å². The quantitative estimate of drug-likeness (QED) is 0.925. The lowest BCUT2D eigenvalue weighted by Crippen LogP contribution is -2.14. The van der Waals surface area contributed by atoms with Gasteiger partial charge in [-0.3, -0.25) is 10.1 Å². The number of thiazole rings is 1. The predicted molar refractivity (Wildman–Crippen MR) is 73.7 cm³/mol. The van der Waals surface area contributed by atoms with Crippen molar-refractivity contribution in [3.63, 3.8) is 0 Å². The van der Waals surface area contributed by atoms with Crippen LogP contribution in [0.5, 0.6) is 0 Å². The molecule has 18 heavy (non-hydrogen) atoms. The molecule has 1 N–H and O–H groups in total. The maximum Gasteiger partial charge on any atom is 0.288 e. The molecule has 1 amide bonds. The van der Waals surface area contributed by atoms with Crippen molar-refractivity contribution in [3.05, 3.63) is 20.5 Å². The summed E-state index contributed by atoms with van der Waals surface area (Å²) in [5, 5.41) is 12.6. The first kappa shape index (κ1) is 13.4. The molecule has 0 unspecified atom stereocenters. The number of nitrogens with one attached hydrogen (secondary N) is 1. The Bertz CT molecular complexity index is 572. The van der Waals surface area contributed by atoms with Gasteiger partial charge in [0, 0.05) is 10.8 Å². The Kier molecular flexibility index (Phi) is 3.65. The fourth-order valence-electron chi connectivity index (χ4n) is 1.12. The molecule has 0 bridgehead atoms. The summed E-state index contributed by atoms with van der Waals surface area (Å²) in [7, 11) is 0. The van der Waals surface area contributed by atoms with Crippen molar-refractivity contribution in [2.75, 3.05) is 5.32 Å². The maximum atomic E-state index is 11.8. The predicted octanol–water partition coefficient (Wildman–Crippen LogP) is 3.20. The zero-order valence-corrected chi connectivity index (χ0v) is 12.4. The van der Waals surface area contributed by atoms with Crippen LogP contribution in [-0.4, -0.2) is 21.1 Å². The zero-order chi connectivity index (χ0) is 13.3. The Labute approximate surface area is 117 Å². The number of nitrogens with zero attached hydrogens (tertiary/aromatic N) is 3. The molecule has 0 saturated carbocycles. The first-order valence-electron chi connectivity index (χ1n) is 5.12. The van der Waals surface area contributed by atoms with E-state index in [0.29, 0.717) is 5.13 Å². The van der Waals surface area contributed by atoms with Crippen molar-refractivity contribution in [2.24, 2.45) is 0 Å². The molecule has 2 heterocycles. The highest BCUT2D eigenvalue weighted by Gasteiger charge is 2.19. The second-order valence-electron chi connectivity index (χ2n) is 4.60. The monoisotopic (exact) mass is 302 g/mol. The lowest BCUT2D eigenvalue weighted by atomic mass is 9.93. The van der Waals surface area contributed by atoms with E-state index in [4.69, 9.17) is 11.6 Å². The van der Waals surface area contributed by atoms with Crippen LogP contribution < -0.4 is 5.32 Å². The molecule has 2 aromatic rings. The number of anilines is 1. The third-order valence-electron chi connectivity index (χ3n) is 2.09. The van der Waals surface area contributed by atoms with Gasteiger partial charge < -0.3 is 0 Å². The number of halogens is 1. The van der Waals surface area contributed by atoms with Crippen LogP contribution in [0.4, 0.5) is 5.13 Å². The Hall–Kier alpha value is -1.05. The summed E-state index contributed by atoms with van der Waals surface area (Å²) < 4.78 is 0.245. The van der Waals surface area contributed by atoms with Gasteiger partial charge >= 0.3 is 0 Å². The zero-order valence-electron chi connectivity index (χ0n) is 10.0. The van der Waals surface area contributed by atoms with Gasteiger partial charge in [0.2, 0.25) is 9.47 Å². The Morgan fingerprint density at radius 1 is 1.39 bits per heavy atom. The fourth-order valence-corrected chi connectivity index (χ4v) is 2.78. The summed E-state index contributed by atoms with van der Waals surface area (Å²) in [6.07, 6.45) is 0. The van der Waals surface area contributed by atoms with E-state index in [9.17, 15) is 4.79 Å². The average molecular weight is 303 g/mol. The Balaban J connectivity index is 2.10. The summed E-state index contributed by atoms with van der Waals surface area (Å²) >= 11 is 8.05. The van der Waals surface area contributed by atoms with Crippen LogP contribution in [0.25, 0.3) is 0 Å². The van der Waals surface area contributed by atoms with E-state index in [0.717, 1.165) is 17.0 Å². The van der Waals surface area contributed by atoms with Crippen LogP contribution in [0.3, 0.4) is 0 Å². The number of carbonyl (C=O) groups excluding carboxylic acids is 1. The highest BCUT2D eigenvalue weighted by molar-refractivity contribution is 7.17. The van der Waals surface area contributed by atoms with E-state index in [-0.39, 0.29) is 20.8 Å².